The molecule has 4 atom stereocenters. The molecule has 1 aliphatic rings. The average Bonchev–Trinajstić information content (AvgIpc) is 2.34. The molecule has 0 amide bonds. The monoisotopic (exact) mass is 265 g/mol. The van der Waals surface area contributed by atoms with Crippen molar-refractivity contribution in [2.24, 2.45) is 11.8 Å². The standard InChI is InChI=1S/C16H24ClN/c1-11-7-8-12(2)16(9-11)18-13(3)14-5-4-6-15(17)10-14/h4-6,10-13,16,18H,7-9H2,1-3H3/t11?,12?,13-,16?/m1/s1. The molecule has 0 spiro atoms. The predicted molar refractivity (Wildman–Crippen MR) is 79.0 cm³/mol. The maximum Gasteiger partial charge on any atom is 0.0409 e. The number of benzene rings is 1. The molecule has 0 aliphatic heterocycles. The van der Waals surface area contributed by atoms with Gasteiger partial charge in [-0.3, -0.25) is 0 Å². The van der Waals surface area contributed by atoms with E-state index in [1.54, 1.807) is 0 Å². The number of hydrogen-bond donors (Lipinski definition) is 1. The SMILES string of the molecule is CC1CCC(C)C(N[C@H](C)c2cccc(Cl)c2)C1. The van der Waals surface area contributed by atoms with Gasteiger partial charge < -0.3 is 5.32 Å². The Labute approximate surface area is 116 Å². The molecule has 1 saturated carbocycles. The normalized spacial score (nSPS) is 30.1. The second kappa shape index (κ2) is 6.08. The van der Waals surface area contributed by atoms with Gasteiger partial charge in [-0.25, -0.2) is 0 Å². The van der Waals surface area contributed by atoms with Crippen LogP contribution in [0.1, 0.15) is 51.6 Å². The van der Waals surface area contributed by atoms with Gasteiger partial charge in [0.25, 0.3) is 0 Å². The van der Waals surface area contributed by atoms with Crippen molar-refractivity contribution in [3.8, 4) is 0 Å². The van der Waals surface area contributed by atoms with E-state index in [2.05, 4.69) is 38.2 Å². The third-order valence-corrected chi connectivity index (χ3v) is 4.51. The van der Waals surface area contributed by atoms with Crippen LogP contribution >= 0.6 is 11.6 Å². The molecule has 0 bridgehead atoms. The van der Waals surface area contributed by atoms with E-state index in [0.29, 0.717) is 12.1 Å². The first-order valence-electron chi connectivity index (χ1n) is 7.07. The van der Waals surface area contributed by atoms with Crippen molar-refractivity contribution in [3.05, 3.63) is 34.9 Å². The summed E-state index contributed by atoms with van der Waals surface area (Å²) in [4.78, 5) is 0. The maximum absolute atomic E-state index is 6.06. The first-order chi connectivity index (χ1) is 8.56. The molecule has 2 rings (SSSR count). The van der Waals surface area contributed by atoms with Crippen molar-refractivity contribution in [2.75, 3.05) is 0 Å². The van der Waals surface area contributed by atoms with Crippen LogP contribution in [-0.4, -0.2) is 6.04 Å². The largest absolute Gasteiger partial charge is 0.307 e. The van der Waals surface area contributed by atoms with E-state index in [1.165, 1.54) is 24.8 Å². The lowest BCUT2D eigenvalue weighted by Gasteiger charge is -2.35. The van der Waals surface area contributed by atoms with E-state index >= 15 is 0 Å². The summed E-state index contributed by atoms with van der Waals surface area (Å²) in [5.74, 6) is 1.63. The zero-order chi connectivity index (χ0) is 13.1. The second-order valence-corrected chi connectivity index (χ2v) is 6.38. The summed E-state index contributed by atoms with van der Waals surface area (Å²) < 4.78 is 0. The summed E-state index contributed by atoms with van der Waals surface area (Å²) in [6, 6.07) is 9.20. The highest BCUT2D eigenvalue weighted by Gasteiger charge is 2.26. The highest BCUT2D eigenvalue weighted by Crippen LogP contribution is 2.30. The van der Waals surface area contributed by atoms with Gasteiger partial charge >= 0.3 is 0 Å². The van der Waals surface area contributed by atoms with Crippen LogP contribution in [0, 0.1) is 11.8 Å². The van der Waals surface area contributed by atoms with Gasteiger partial charge in [0, 0.05) is 17.1 Å². The van der Waals surface area contributed by atoms with Crippen molar-refractivity contribution < 1.29 is 0 Å². The summed E-state index contributed by atoms with van der Waals surface area (Å²) in [7, 11) is 0. The Morgan fingerprint density at radius 3 is 2.78 bits per heavy atom. The van der Waals surface area contributed by atoms with E-state index in [4.69, 9.17) is 11.6 Å². The molecule has 1 aromatic carbocycles. The molecule has 1 fully saturated rings. The fraction of sp³-hybridized carbons (Fsp3) is 0.625. The Hall–Kier alpha value is -0.530. The van der Waals surface area contributed by atoms with Gasteiger partial charge in [-0.1, -0.05) is 44.0 Å². The third kappa shape index (κ3) is 3.49. The number of halogens is 1. The molecular weight excluding hydrogens is 242 g/mol. The highest BCUT2D eigenvalue weighted by atomic mass is 35.5. The van der Waals surface area contributed by atoms with Crippen LogP contribution in [0.25, 0.3) is 0 Å². The summed E-state index contributed by atoms with van der Waals surface area (Å²) >= 11 is 6.06. The van der Waals surface area contributed by atoms with Crippen molar-refractivity contribution in [1.82, 2.24) is 5.32 Å². The lowest BCUT2D eigenvalue weighted by atomic mass is 9.79. The van der Waals surface area contributed by atoms with Crippen LogP contribution in [0.2, 0.25) is 5.02 Å². The molecule has 0 radical (unpaired) electrons. The molecule has 1 aliphatic carbocycles. The number of nitrogens with one attached hydrogen (secondary N) is 1. The summed E-state index contributed by atoms with van der Waals surface area (Å²) in [6.45, 7) is 6.97. The minimum atomic E-state index is 0.376. The third-order valence-electron chi connectivity index (χ3n) is 4.27. The highest BCUT2D eigenvalue weighted by molar-refractivity contribution is 6.30. The van der Waals surface area contributed by atoms with Crippen LogP contribution in [0.15, 0.2) is 24.3 Å². The van der Waals surface area contributed by atoms with Crippen LogP contribution in [-0.2, 0) is 0 Å². The minimum Gasteiger partial charge on any atom is -0.307 e. The van der Waals surface area contributed by atoms with E-state index in [0.717, 1.165) is 16.9 Å². The Balaban J connectivity index is 2.00. The van der Waals surface area contributed by atoms with Gasteiger partial charge in [-0.2, -0.15) is 0 Å². The fourth-order valence-electron chi connectivity index (χ4n) is 2.96. The molecule has 18 heavy (non-hydrogen) atoms. The van der Waals surface area contributed by atoms with Crippen LogP contribution in [0.4, 0.5) is 0 Å². The maximum atomic E-state index is 6.06. The molecule has 1 nitrogen and oxygen atoms in total. The lowest BCUT2D eigenvalue weighted by molar-refractivity contribution is 0.216. The van der Waals surface area contributed by atoms with E-state index in [-0.39, 0.29) is 0 Å². The zero-order valence-electron chi connectivity index (χ0n) is 11.6. The van der Waals surface area contributed by atoms with Crippen molar-refractivity contribution >= 4 is 11.6 Å². The molecule has 2 heteroatoms. The van der Waals surface area contributed by atoms with Gasteiger partial charge in [0.1, 0.15) is 0 Å². The first kappa shape index (κ1) is 13.9. The summed E-state index contributed by atoms with van der Waals surface area (Å²) in [6.07, 6.45) is 4.03. The van der Waals surface area contributed by atoms with Gasteiger partial charge in [0.05, 0.1) is 0 Å². The fourth-order valence-corrected chi connectivity index (χ4v) is 3.16. The van der Waals surface area contributed by atoms with Gasteiger partial charge in [-0.15, -0.1) is 0 Å². The van der Waals surface area contributed by atoms with Gasteiger partial charge in [0.2, 0.25) is 0 Å². The minimum absolute atomic E-state index is 0.376. The molecule has 1 aromatic rings. The van der Waals surface area contributed by atoms with Crippen molar-refractivity contribution in [1.29, 1.82) is 0 Å². The van der Waals surface area contributed by atoms with Crippen molar-refractivity contribution in [2.45, 2.75) is 52.1 Å². The van der Waals surface area contributed by atoms with Crippen LogP contribution in [0.5, 0.6) is 0 Å². The summed E-state index contributed by atoms with van der Waals surface area (Å²) in [5.41, 5.74) is 1.29. The molecule has 3 unspecified atom stereocenters. The van der Waals surface area contributed by atoms with E-state index in [9.17, 15) is 0 Å². The van der Waals surface area contributed by atoms with E-state index < -0.39 is 0 Å². The van der Waals surface area contributed by atoms with Gasteiger partial charge in [-0.05, 0) is 49.3 Å². The lowest BCUT2D eigenvalue weighted by Crippen LogP contribution is -2.40. The zero-order valence-corrected chi connectivity index (χ0v) is 12.4. The van der Waals surface area contributed by atoms with Gasteiger partial charge in [0.15, 0.2) is 0 Å². The Morgan fingerprint density at radius 1 is 1.28 bits per heavy atom. The molecule has 0 saturated heterocycles. The summed E-state index contributed by atoms with van der Waals surface area (Å²) in [5, 5.41) is 4.61. The van der Waals surface area contributed by atoms with E-state index in [1.807, 2.05) is 12.1 Å². The topological polar surface area (TPSA) is 12.0 Å². The smallest absolute Gasteiger partial charge is 0.0409 e. The number of hydrogen-bond acceptors (Lipinski definition) is 1. The van der Waals surface area contributed by atoms with Crippen LogP contribution in [0.3, 0.4) is 0 Å². The molecule has 100 valence electrons. The Kier molecular flexibility index (Phi) is 4.69. The molecule has 0 heterocycles. The molecule has 1 N–H and O–H groups in total. The number of rotatable bonds is 3. The Morgan fingerprint density at radius 2 is 2.06 bits per heavy atom. The van der Waals surface area contributed by atoms with Crippen LogP contribution < -0.4 is 5.32 Å². The quantitative estimate of drug-likeness (QED) is 0.827. The molecular formula is C16H24ClN. The average molecular weight is 266 g/mol. The second-order valence-electron chi connectivity index (χ2n) is 5.95. The molecule has 0 aromatic heterocycles. The predicted octanol–water partition coefficient (Wildman–Crippen LogP) is 4.82. The first-order valence-corrected chi connectivity index (χ1v) is 7.45. The Bertz CT molecular complexity index is 390. The van der Waals surface area contributed by atoms with Crippen molar-refractivity contribution in [3.63, 3.8) is 0 Å².